The van der Waals surface area contributed by atoms with Gasteiger partial charge in [0.25, 0.3) is 0 Å². The number of esters is 1. The largest absolute Gasteiger partial charge is 0.469 e. The van der Waals surface area contributed by atoms with Crippen LogP contribution in [0.2, 0.25) is 0 Å². The molecule has 4 rings (SSSR count). The van der Waals surface area contributed by atoms with E-state index in [-0.39, 0.29) is 17.3 Å². The SMILES string of the molecule is COC(=O)C(CCN1CCC2(C=Cc3ccccc32)CC1)c1ccsc1. The van der Waals surface area contributed by atoms with Gasteiger partial charge in [0.15, 0.2) is 0 Å². The Morgan fingerprint density at radius 3 is 2.81 bits per heavy atom. The van der Waals surface area contributed by atoms with E-state index in [9.17, 15) is 4.79 Å². The number of rotatable bonds is 5. The molecule has 1 atom stereocenters. The number of piperidine rings is 1. The minimum Gasteiger partial charge on any atom is -0.469 e. The molecule has 2 aromatic rings. The highest BCUT2D eigenvalue weighted by Gasteiger charge is 2.37. The van der Waals surface area contributed by atoms with Gasteiger partial charge in [0.1, 0.15) is 0 Å². The summed E-state index contributed by atoms with van der Waals surface area (Å²) in [4.78, 5) is 14.7. The summed E-state index contributed by atoms with van der Waals surface area (Å²) >= 11 is 1.63. The number of nitrogens with zero attached hydrogens (tertiary/aromatic N) is 1. The molecule has 0 bridgehead atoms. The number of ether oxygens (including phenoxy) is 1. The van der Waals surface area contributed by atoms with Crippen LogP contribution in [0.5, 0.6) is 0 Å². The predicted octanol–water partition coefficient (Wildman–Crippen LogP) is 4.46. The fourth-order valence-electron chi connectivity index (χ4n) is 4.39. The Hall–Kier alpha value is -1.91. The zero-order valence-electron chi connectivity index (χ0n) is 15.2. The van der Waals surface area contributed by atoms with Crippen molar-refractivity contribution in [3.05, 3.63) is 63.9 Å². The molecule has 0 N–H and O–H groups in total. The lowest BCUT2D eigenvalue weighted by molar-refractivity contribution is -0.142. The van der Waals surface area contributed by atoms with Gasteiger partial charge in [-0.2, -0.15) is 11.3 Å². The first kappa shape index (κ1) is 17.5. The number of carbonyl (C=O) groups is 1. The van der Waals surface area contributed by atoms with Gasteiger partial charge in [-0.15, -0.1) is 0 Å². The standard InChI is InChI=1S/C22H25NO2S/c1-25-21(24)19(18-8-15-26-16-18)7-12-23-13-10-22(11-14-23)9-6-17-4-2-3-5-20(17)22/h2-6,8-9,15-16,19H,7,10-14H2,1H3. The molecule has 1 aliphatic heterocycles. The Bertz CT molecular complexity index is 788. The van der Waals surface area contributed by atoms with Crippen LogP contribution in [0.25, 0.3) is 6.08 Å². The smallest absolute Gasteiger partial charge is 0.313 e. The van der Waals surface area contributed by atoms with Gasteiger partial charge in [-0.3, -0.25) is 4.79 Å². The van der Waals surface area contributed by atoms with E-state index in [1.807, 2.05) is 11.4 Å². The number of methoxy groups -OCH3 is 1. The normalized spacial score (nSPS) is 19.4. The molecule has 1 aromatic carbocycles. The van der Waals surface area contributed by atoms with Crippen molar-refractivity contribution in [3.8, 4) is 0 Å². The number of carbonyl (C=O) groups excluding carboxylic acids is 1. The van der Waals surface area contributed by atoms with Gasteiger partial charge in [0.2, 0.25) is 0 Å². The number of allylic oxidation sites excluding steroid dienone is 1. The minimum absolute atomic E-state index is 0.121. The van der Waals surface area contributed by atoms with E-state index in [0.717, 1.165) is 44.5 Å². The van der Waals surface area contributed by atoms with E-state index in [2.05, 4.69) is 46.7 Å². The maximum atomic E-state index is 12.2. The Morgan fingerprint density at radius 2 is 2.08 bits per heavy atom. The molecule has 3 nitrogen and oxygen atoms in total. The van der Waals surface area contributed by atoms with Gasteiger partial charge in [-0.1, -0.05) is 36.4 Å². The lowest BCUT2D eigenvalue weighted by Crippen LogP contribution is -2.41. The highest BCUT2D eigenvalue weighted by atomic mass is 32.1. The maximum absolute atomic E-state index is 12.2. The van der Waals surface area contributed by atoms with Crippen LogP contribution in [0.15, 0.2) is 47.2 Å². The van der Waals surface area contributed by atoms with Crippen molar-refractivity contribution in [1.82, 2.24) is 4.90 Å². The maximum Gasteiger partial charge on any atom is 0.313 e. The van der Waals surface area contributed by atoms with E-state index < -0.39 is 0 Å². The second-order valence-electron chi connectivity index (χ2n) is 7.34. The molecule has 0 saturated carbocycles. The summed E-state index contributed by atoms with van der Waals surface area (Å²) in [5.74, 6) is -0.265. The molecule has 26 heavy (non-hydrogen) atoms. The number of hydrogen-bond acceptors (Lipinski definition) is 4. The van der Waals surface area contributed by atoms with Crippen LogP contribution < -0.4 is 0 Å². The molecule has 1 fully saturated rings. The highest BCUT2D eigenvalue weighted by molar-refractivity contribution is 7.08. The molecule has 2 aliphatic rings. The summed E-state index contributed by atoms with van der Waals surface area (Å²) in [5, 5.41) is 4.09. The van der Waals surface area contributed by atoms with E-state index in [4.69, 9.17) is 4.74 Å². The molecular formula is C22H25NO2S. The zero-order valence-corrected chi connectivity index (χ0v) is 16.0. The number of fused-ring (bicyclic) bond motifs is 2. The average Bonchev–Trinajstić information content (AvgIpc) is 3.33. The lowest BCUT2D eigenvalue weighted by atomic mass is 9.74. The molecule has 136 valence electrons. The minimum atomic E-state index is -0.144. The van der Waals surface area contributed by atoms with Crippen molar-refractivity contribution in [2.45, 2.75) is 30.6 Å². The first-order valence-electron chi connectivity index (χ1n) is 9.33. The average molecular weight is 368 g/mol. The summed E-state index contributed by atoms with van der Waals surface area (Å²) in [7, 11) is 1.48. The van der Waals surface area contributed by atoms with Crippen LogP contribution in [0.3, 0.4) is 0 Å². The third kappa shape index (κ3) is 3.24. The van der Waals surface area contributed by atoms with Gasteiger partial charge in [0.05, 0.1) is 13.0 Å². The number of hydrogen-bond donors (Lipinski definition) is 0. The van der Waals surface area contributed by atoms with Gasteiger partial charge < -0.3 is 9.64 Å². The molecule has 1 spiro atoms. The summed E-state index contributed by atoms with van der Waals surface area (Å²) in [6, 6.07) is 10.8. The third-order valence-corrected chi connectivity index (χ3v) is 6.69. The Balaban J connectivity index is 1.37. The highest BCUT2D eigenvalue weighted by Crippen LogP contribution is 2.43. The Labute approximate surface area is 159 Å². The number of likely N-dealkylation sites (tertiary alicyclic amines) is 1. The van der Waals surface area contributed by atoms with E-state index in [1.54, 1.807) is 11.3 Å². The molecule has 2 heterocycles. The van der Waals surface area contributed by atoms with E-state index in [0.29, 0.717) is 0 Å². The monoisotopic (exact) mass is 367 g/mol. The second kappa shape index (κ2) is 7.37. The quantitative estimate of drug-likeness (QED) is 0.731. The molecule has 4 heteroatoms. The Kier molecular flexibility index (Phi) is 4.96. The number of benzene rings is 1. The first-order chi connectivity index (χ1) is 12.7. The molecule has 1 unspecified atom stereocenters. The van der Waals surface area contributed by atoms with Crippen molar-refractivity contribution in [2.75, 3.05) is 26.7 Å². The van der Waals surface area contributed by atoms with Crippen LogP contribution in [-0.2, 0) is 14.9 Å². The van der Waals surface area contributed by atoms with Crippen LogP contribution in [0.1, 0.15) is 41.9 Å². The molecular weight excluding hydrogens is 342 g/mol. The van der Waals surface area contributed by atoms with Crippen LogP contribution in [-0.4, -0.2) is 37.6 Å². The predicted molar refractivity (Wildman–Crippen MR) is 107 cm³/mol. The second-order valence-corrected chi connectivity index (χ2v) is 8.12. The first-order valence-corrected chi connectivity index (χ1v) is 10.3. The van der Waals surface area contributed by atoms with Crippen LogP contribution >= 0.6 is 11.3 Å². The zero-order chi connectivity index (χ0) is 18.0. The fraction of sp³-hybridized carbons (Fsp3) is 0.409. The van der Waals surface area contributed by atoms with Gasteiger partial charge in [-0.05, 0) is 72.4 Å². The summed E-state index contributed by atoms with van der Waals surface area (Å²) in [5.41, 5.74) is 4.18. The van der Waals surface area contributed by atoms with E-state index >= 15 is 0 Å². The van der Waals surface area contributed by atoms with Crippen LogP contribution in [0.4, 0.5) is 0 Å². The van der Waals surface area contributed by atoms with Crippen molar-refractivity contribution < 1.29 is 9.53 Å². The molecule has 0 amide bonds. The van der Waals surface area contributed by atoms with Gasteiger partial charge >= 0.3 is 5.97 Å². The van der Waals surface area contributed by atoms with Crippen molar-refractivity contribution in [2.24, 2.45) is 0 Å². The Morgan fingerprint density at radius 1 is 1.27 bits per heavy atom. The summed E-state index contributed by atoms with van der Waals surface area (Å²) in [6.07, 6.45) is 7.83. The van der Waals surface area contributed by atoms with Crippen molar-refractivity contribution in [3.63, 3.8) is 0 Å². The molecule has 0 radical (unpaired) electrons. The summed E-state index contributed by atoms with van der Waals surface area (Å²) in [6.45, 7) is 3.10. The van der Waals surface area contributed by atoms with Gasteiger partial charge in [-0.25, -0.2) is 0 Å². The third-order valence-electron chi connectivity index (χ3n) is 5.99. The summed E-state index contributed by atoms with van der Waals surface area (Å²) < 4.78 is 5.03. The van der Waals surface area contributed by atoms with Gasteiger partial charge in [0, 0.05) is 5.41 Å². The van der Waals surface area contributed by atoms with Crippen molar-refractivity contribution >= 4 is 23.4 Å². The van der Waals surface area contributed by atoms with Crippen LogP contribution in [0, 0.1) is 0 Å². The van der Waals surface area contributed by atoms with E-state index in [1.165, 1.54) is 18.2 Å². The molecule has 1 aromatic heterocycles. The molecule has 1 aliphatic carbocycles. The lowest BCUT2D eigenvalue weighted by Gasteiger charge is -2.39. The fourth-order valence-corrected chi connectivity index (χ4v) is 5.11. The molecule has 1 saturated heterocycles. The number of thiophene rings is 1. The van der Waals surface area contributed by atoms with Crippen molar-refractivity contribution in [1.29, 1.82) is 0 Å². The topological polar surface area (TPSA) is 29.5 Å².